The quantitative estimate of drug-likeness (QED) is 0.681. The average molecular weight is 243 g/mol. The van der Waals surface area contributed by atoms with Crippen molar-refractivity contribution in [2.45, 2.75) is 19.8 Å². The molecule has 1 aliphatic heterocycles. The molecular formula is C12H21NO4. The first-order chi connectivity index (χ1) is 8.06. The molecule has 1 amide bonds. The molecule has 0 aliphatic carbocycles. The first-order valence-electron chi connectivity index (χ1n) is 5.96. The molecule has 0 bridgehead atoms. The fraction of sp³-hybridized carbons (Fsp3) is 0.833. The lowest BCUT2D eigenvalue weighted by molar-refractivity contribution is -0.147. The van der Waals surface area contributed by atoms with Gasteiger partial charge in [0, 0.05) is 20.2 Å². The van der Waals surface area contributed by atoms with E-state index in [1.165, 1.54) is 7.11 Å². The Morgan fingerprint density at radius 1 is 1.53 bits per heavy atom. The zero-order valence-corrected chi connectivity index (χ0v) is 10.8. The van der Waals surface area contributed by atoms with Crippen molar-refractivity contribution in [2.75, 3.05) is 33.9 Å². The van der Waals surface area contributed by atoms with Crippen LogP contribution in [-0.4, -0.2) is 50.7 Å². The van der Waals surface area contributed by atoms with E-state index in [-0.39, 0.29) is 23.7 Å². The van der Waals surface area contributed by atoms with Crippen LogP contribution >= 0.6 is 0 Å². The number of rotatable bonds is 4. The van der Waals surface area contributed by atoms with Crippen LogP contribution in [0.4, 0.5) is 0 Å². The van der Waals surface area contributed by atoms with Gasteiger partial charge in [-0.25, -0.2) is 0 Å². The van der Waals surface area contributed by atoms with E-state index in [1.54, 1.807) is 18.9 Å². The number of nitrogens with zero attached hydrogens (tertiary/aromatic N) is 1. The second-order valence-electron chi connectivity index (χ2n) is 4.56. The normalized spacial score (nSPS) is 21.7. The SMILES string of the molecule is COC(=O)C(C)CN(C)C(=O)C1CCCOC1. The van der Waals surface area contributed by atoms with Crippen molar-refractivity contribution in [2.24, 2.45) is 11.8 Å². The second kappa shape index (κ2) is 6.59. The van der Waals surface area contributed by atoms with Crippen molar-refractivity contribution in [3.05, 3.63) is 0 Å². The van der Waals surface area contributed by atoms with Crippen molar-refractivity contribution in [1.82, 2.24) is 4.90 Å². The monoisotopic (exact) mass is 243 g/mol. The highest BCUT2D eigenvalue weighted by Crippen LogP contribution is 2.16. The average Bonchev–Trinajstić information content (AvgIpc) is 2.37. The maximum absolute atomic E-state index is 12.0. The van der Waals surface area contributed by atoms with Gasteiger partial charge in [0.05, 0.1) is 25.6 Å². The molecule has 1 aliphatic rings. The Hall–Kier alpha value is -1.10. The topological polar surface area (TPSA) is 55.8 Å². The van der Waals surface area contributed by atoms with E-state index in [0.717, 1.165) is 19.4 Å². The lowest BCUT2D eigenvalue weighted by Gasteiger charge is -2.27. The molecule has 0 N–H and O–H groups in total. The van der Waals surface area contributed by atoms with Crippen LogP contribution in [0, 0.1) is 11.8 Å². The number of esters is 1. The fourth-order valence-electron chi connectivity index (χ4n) is 2.02. The summed E-state index contributed by atoms with van der Waals surface area (Å²) in [4.78, 5) is 24.9. The molecule has 0 spiro atoms. The van der Waals surface area contributed by atoms with Gasteiger partial charge in [-0.05, 0) is 12.8 Å². The predicted octanol–water partition coefficient (Wildman–Crippen LogP) is 0.680. The first kappa shape index (κ1) is 14.0. The van der Waals surface area contributed by atoms with Gasteiger partial charge in [0.15, 0.2) is 0 Å². The van der Waals surface area contributed by atoms with E-state index in [1.807, 2.05) is 0 Å². The summed E-state index contributed by atoms with van der Waals surface area (Å²) in [5.74, 6) is -0.581. The zero-order valence-electron chi connectivity index (χ0n) is 10.8. The molecule has 0 saturated carbocycles. The molecule has 2 atom stereocenters. The Balaban J connectivity index is 2.43. The van der Waals surface area contributed by atoms with E-state index in [9.17, 15) is 9.59 Å². The third-order valence-corrected chi connectivity index (χ3v) is 3.04. The predicted molar refractivity (Wildman–Crippen MR) is 62.4 cm³/mol. The fourth-order valence-corrected chi connectivity index (χ4v) is 2.02. The molecule has 0 aromatic heterocycles. The third-order valence-electron chi connectivity index (χ3n) is 3.04. The van der Waals surface area contributed by atoms with Crippen LogP contribution in [-0.2, 0) is 19.1 Å². The van der Waals surface area contributed by atoms with Crippen LogP contribution in [0.5, 0.6) is 0 Å². The molecule has 1 heterocycles. The van der Waals surface area contributed by atoms with Crippen LogP contribution in [0.15, 0.2) is 0 Å². The van der Waals surface area contributed by atoms with Gasteiger partial charge in [0.1, 0.15) is 0 Å². The van der Waals surface area contributed by atoms with Crippen LogP contribution in [0.1, 0.15) is 19.8 Å². The molecule has 0 radical (unpaired) electrons. The van der Waals surface area contributed by atoms with Crippen LogP contribution in [0.3, 0.4) is 0 Å². The van der Waals surface area contributed by atoms with Gasteiger partial charge >= 0.3 is 5.97 Å². The van der Waals surface area contributed by atoms with Gasteiger partial charge in [0.25, 0.3) is 0 Å². The summed E-state index contributed by atoms with van der Waals surface area (Å²) >= 11 is 0. The van der Waals surface area contributed by atoms with Crippen LogP contribution in [0.25, 0.3) is 0 Å². The third kappa shape index (κ3) is 4.00. The largest absolute Gasteiger partial charge is 0.469 e. The summed E-state index contributed by atoms with van der Waals surface area (Å²) in [6.07, 6.45) is 1.80. The van der Waals surface area contributed by atoms with E-state index in [4.69, 9.17) is 4.74 Å². The number of hydrogen-bond donors (Lipinski definition) is 0. The van der Waals surface area contributed by atoms with Gasteiger partial charge < -0.3 is 14.4 Å². The Morgan fingerprint density at radius 2 is 2.24 bits per heavy atom. The first-order valence-corrected chi connectivity index (χ1v) is 5.96. The van der Waals surface area contributed by atoms with Crippen molar-refractivity contribution >= 4 is 11.9 Å². The molecule has 0 aromatic rings. The van der Waals surface area contributed by atoms with E-state index >= 15 is 0 Å². The van der Waals surface area contributed by atoms with Gasteiger partial charge in [0.2, 0.25) is 5.91 Å². The highest BCUT2D eigenvalue weighted by Gasteiger charge is 2.26. The number of carbonyl (C=O) groups is 2. The molecule has 2 unspecified atom stereocenters. The Labute approximate surface area is 102 Å². The summed E-state index contributed by atoms with van der Waals surface area (Å²) in [5, 5.41) is 0. The number of amides is 1. The minimum Gasteiger partial charge on any atom is -0.469 e. The summed E-state index contributed by atoms with van der Waals surface area (Å²) in [6, 6.07) is 0. The number of hydrogen-bond acceptors (Lipinski definition) is 4. The minimum absolute atomic E-state index is 0.0560. The lowest BCUT2D eigenvalue weighted by atomic mass is 10.0. The molecule has 5 heteroatoms. The Morgan fingerprint density at radius 3 is 2.76 bits per heavy atom. The van der Waals surface area contributed by atoms with E-state index < -0.39 is 0 Å². The summed E-state index contributed by atoms with van der Waals surface area (Å²) in [5.41, 5.74) is 0. The van der Waals surface area contributed by atoms with E-state index in [2.05, 4.69) is 4.74 Å². The zero-order chi connectivity index (χ0) is 12.8. The smallest absolute Gasteiger partial charge is 0.310 e. The van der Waals surface area contributed by atoms with Crippen molar-refractivity contribution in [1.29, 1.82) is 0 Å². The number of ether oxygens (including phenoxy) is 2. The lowest BCUT2D eigenvalue weighted by Crippen LogP contribution is -2.40. The van der Waals surface area contributed by atoms with Crippen LogP contribution < -0.4 is 0 Å². The maximum atomic E-state index is 12.0. The molecule has 1 saturated heterocycles. The second-order valence-corrected chi connectivity index (χ2v) is 4.56. The van der Waals surface area contributed by atoms with Gasteiger partial charge in [-0.3, -0.25) is 9.59 Å². The number of methoxy groups -OCH3 is 1. The Bertz CT molecular complexity index is 274. The van der Waals surface area contributed by atoms with Crippen molar-refractivity contribution < 1.29 is 19.1 Å². The standard InChI is InChI=1S/C12H21NO4/c1-9(12(15)16-3)7-13(2)11(14)10-5-4-6-17-8-10/h9-10H,4-8H2,1-3H3. The highest BCUT2D eigenvalue weighted by atomic mass is 16.5. The summed E-state index contributed by atoms with van der Waals surface area (Å²) in [7, 11) is 3.08. The van der Waals surface area contributed by atoms with E-state index in [0.29, 0.717) is 13.2 Å². The molecule has 1 fully saturated rings. The summed E-state index contributed by atoms with van der Waals surface area (Å²) < 4.78 is 9.92. The van der Waals surface area contributed by atoms with Gasteiger partial charge in [-0.1, -0.05) is 6.92 Å². The van der Waals surface area contributed by atoms with Gasteiger partial charge in [-0.2, -0.15) is 0 Å². The van der Waals surface area contributed by atoms with Crippen molar-refractivity contribution in [3.63, 3.8) is 0 Å². The highest BCUT2D eigenvalue weighted by molar-refractivity contribution is 5.80. The maximum Gasteiger partial charge on any atom is 0.310 e. The molecule has 98 valence electrons. The molecule has 1 rings (SSSR count). The van der Waals surface area contributed by atoms with Gasteiger partial charge in [-0.15, -0.1) is 0 Å². The molecule has 17 heavy (non-hydrogen) atoms. The molecule has 5 nitrogen and oxygen atoms in total. The van der Waals surface area contributed by atoms with Crippen molar-refractivity contribution in [3.8, 4) is 0 Å². The summed E-state index contributed by atoms with van der Waals surface area (Å²) in [6.45, 7) is 3.39. The minimum atomic E-state index is -0.293. The number of carbonyl (C=O) groups excluding carboxylic acids is 2. The molecular weight excluding hydrogens is 222 g/mol. The van der Waals surface area contributed by atoms with Crippen LogP contribution in [0.2, 0.25) is 0 Å². The Kier molecular flexibility index (Phi) is 5.41. The molecule has 0 aromatic carbocycles.